The molecule has 32 heavy (non-hydrogen) atoms. The topological polar surface area (TPSA) is 116 Å². The first kappa shape index (κ1) is 21.5. The molecule has 2 heterocycles. The van der Waals surface area contributed by atoms with E-state index in [0.29, 0.717) is 5.69 Å². The molecule has 1 amide bonds. The highest BCUT2D eigenvalue weighted by molar-refractivity contribution is 6.01. The average molecular weight is 444 g/mol. The summed E-state index contributed by atoms with van der Waals surface area (Å²) in [5.74, 6) is -1.32. The fraction of sp³-hybridized carbons (Fsp3) is 0.286. The predicted molar refractivity (Wildman–Crippen MR) is 109 cm³/mol. The summed E-state index contributed by atoms with van der Waals surface area (Å²) in [6, 6.07) is 4.28. The van der Waals surface area contributed by atoms with E-state index in [2.05, 4.69) is 20.4 Å². The Hall–Kier alpha value is -3.76. The van der Waals surface area contributed by atoms with Gasteiger partial charge in [0.25, 0.3) is 5.91 Å². The van der Waals surface area contributed by atoms with E-state index < -0.39 is 34.5 Å². The highest BCUT2D eigenvalue weighted by atomic mass is 19.4. The van der Waals surface area contributed by atoms with Gasteiger partial charge >= 0.3 is 6.18 Å². The van der Waals surface area contributed by atoms with Crippen LogP contribution in [0.3, 0.4) is 0 Å². The number of carbonyl (C=O) groups excluding carboxylic acids is 2. The number of fused-ring (bicyclic) bond motifs is 1. The zero-order valence-corrected chi connectivity index (χ0v) is 17.2. The van der Waals surface area contributed by atoms with Crippen LogP contribution in [-0.2, 0) is 12.6 Å². The van der Waals surface area contributed by atoms with Crippen LogP contribution in [0.1, 0.15) is 52.4 Å². The van der Waals surface area contributed by atoms with Crippen molar-refractivity contribution in [3.05, 3.63) is 59.4 Å². The minimum atomic E-state index is -4.79. The summed E-state index contributed by atoms with van der Waals surface area (Å²) in [7, 11) is 0. The third-order valence-electron chi connectivity index (χ3n) is 5.17. The van der Waals surface area contributed by atoms with Gasteiger partial charge in [0.15, 0.2) is 11.5 Å². The van der Waals surface area contributed by atoms with E-state index >= 15 is 0 Å². The quantitative estimate of drug-likeness (QED) is 0.634. The van der Waals surface area contributed by atoms with Crippen LogP contribution in [-0.4, -0.2) is 31.4 Å². The molecule has 0 saturated heterocycles. The lowest BCUT2D eigenvalue weighted by atomic mass is 9.75. The van der Waals surface area contributed by atoms with Crippen molar-refractivity contribution < 1.29 is 22.8 Å². The molecule has 0 saturated carbocycles. The molecule has 0 aliphatic heterocycles. The van der Waals surface area contributed by atoms with E-state index in [1.165, 1.54) is 36.9 Å². The van der Waals surface area contributed by atoms with Crippen LogP contribution in [0.4, 0.5) is 24.5 Å². The second kappa shape index (κ2) is 7.43. The van der Waals surface area contributed by atoms with Crippen LogP contribution in [0.15, 0.2) is 36.9 Å². The molecule has 2 aromatic heterocycles. The third-order valence-corrected chi connectivity index (χ3v) is 5.17. The Morgan fingerprint density at radius 3 is 2.50 bits per heavy atom. The Bertz CT molecular complexity index is 1220. The van der Waals surface area contributed by atoms with Crippen LogP contribution in [0.2, 0.25) is 0 Å². The lowest BCUT2D eigenvalue weighted by Gasteiger charge is -2.29. The van der Waals surface area contributed by atoms with E-state index in [0.717, 1.165) is 4.68 Å². The summed E-state index contributed by atoms with van der Waals surface area (Å²) >= 11 is 0. The molecule has 0 spiro atoms. The number of anilines is 2. The van der Waals surface area contributed by atoms with E-state index in [9.17, 15) is 22.8 Å². The second-order valence-electron chi connectivity index (χ2n) is 8.37. The number of benzene rings is 1. The number of hydrogen-bond donors (Lipinski definition) is 2. The van der Waals surface area contributed by atoms with E-state index in [4.69, 9.17) is 5.73 Å². The van der Waals surface area contributed by atoms with Gasteiger partial charge in [0.2, 0.25) is 0 Å². The molecule has 0 bridgehead atoms. The smallest absolute Gasteiger partial charge is 0.366 e. The average Bonchev–Trinajstić information content (AvgIpc) is 3.07. The number of aromatic nitrogens is 4. The Morgan fingerprint density at radius 2 is 1.88 bits per heavy atom. The number of nitrogens with two attached hydrogens (primary N) is 1. The van der Waals surface area contributed by atoms with Gasteiger partial charge < -0.3 is 11.1 Å². The van der Waals surface area contributed by atoms with Gasteiger partial charge in [0, 0.05) is 6.42 Å². The Labute approximate surface area is 180 Å². The maximum atomic E-state index is 13.7. The van der Waals surface area contributed by atoms with E-state index in [-0.39, 0.29) is 35.5 Å². The largest absolute Gasteiger partial charge is 0.435 e. The molecule has 166 valence electrons. The maximum absolute atomic E-state index is 13.7. The van der Waals surface area contributed by atoms with Gasteiger partial charge in [-0.05, 0) is 30.0 Å². The summed E-state index contributed by atoms with van der Waals surface area (Å²) in [5, 5.41) is 6.72. The number of amides is 1. The first-order valence-electron chi connectivity index (χ1n) is 9.65. The molecule has 4 rings (SSSR count). The molecular formula is C21H19F3N6O2. The molecule has 1 aliphatic carbocycles. The van der Waals surface area contributed by atoms with Crippen molar-refractivity contribution in [2.75, 3.05) is 5.32 Å². The highest BCUT2D eigenvalue weighted by Crippen LogP contribution is 2.42. The predicted octanol–water partition coefficient (Wildman–Crippen LogP) is 3.68. The van der Waals surface area contributed by atoms with Gasteiger partial charge in [-0.1, -0.05) is 13.8 Å². The van der Waals surface area contributed by atoms with Crippen LogP contribution in [0.25, 0.3) is 5.69 Å². The van der Waals surface area contributed by atoms with Crippen LogP contribution in [0.5, 0.6) is 0 Å². The molecule has 0 fully saturated rings. The number of alkyl halides is 3. The fourth-order valence-corrected chi connectivity index (χ4v) is 3.86. The molecule has 11 heteroatoms. The fourth-order valence-electron chi connectivity index (χ4n) is 3.86. The Kier molecular flexibility index (Phi) is 4.99. The zero-order valence-electron chi connectivity index (χ0n) is 17.2. The monoisotopic (exact) mass is 444 g/mol. The van der Waals surface area contributed by atoms with Crippen molar-refractivity contribution in [1.82, 2.24) is 19.7 Å². The molecule has 0 radical (unpaired) electrons. The standard InChI is InChI=1S/C21H19F3N6O2/c1-20(2)6-15-17(16(31)7-20)18(21(22,23)24)29-30(15)12-3-4-13(19(25)32)14(5-12)28-11-8-26-10-27-9-11/h3-5,8-10,28H,6-7H2,1-2H3,(H2,25,32). The molecule has 1 aromatic carbocycles. The SMILES string of the molecule is CC1(C)CC(=O)c2c(C(F)(F)F)nn(-c3ccc(C(N)=O)c(Nc4cncnc4)c3)c2C1. The number of hydrogen-bond acceptors (Lipinski definition) is 6. The molecule has 3 N–H and O–H groups in total. The number of nitrogens with zero attached hydrogens (tertiary/aromatic N) is 4. The lowest BCUT2D eigenvalue weighted by molar-refractivity contribution is -0.141. The number of primary amides is 1. The summed E-state index contributed by atoms with van der Waals surface area (Å²) in [5.41, 5.74) is 4.54. The molecule has 8 nitrogen and oxygen atoms in total. The number of Topliss-reactive ketones (excluding diaryl/α,β-unsaturated/α-hetero) is 1. The summed E-state index contributed by atoms with van der Waals surface area (Å²) in [6.07, 6.45) is -0.321. The van der Waals surface area contributed by atoms with Crippen molar-refractivity contribution in [2.45, 2.75) is 32.9 Å². The van der Waals surface area contributed by atoms with Gasteiger partial charge in [-0.15, -0.1) is 0 Å². The van der Waals surface area contributed by atoms with Gasteiger partial charge in [0.1, 0.15) is 6.33 Å². The summed E-state index contributed by atoms with van der Waals surface area (Å²) in [4.78, 5) is 32.3. The molecule has 0 atom stereocenters. The van der Waals surface area contributed by atoms with Crippen molar-refractivity contribution in [3.63, 3.8) is 0 Å². The lowest BCUT2D eigenvalue weighted by Crippen LogP contribution is -2.29. The maximum Gasteiger partial charge on any atom is 0.435 e. The Balaban J connectivity index is 1.89. The van der Waals surface area contributed by atoms with Crippen LogP contribution >= 0.6 is 0 Å². The molecule has 3 aromatic rings. The second-order valence-corrected chi connectivity index (χ2v) is 8.37. The zero-order chi connectivity index (χ0) is 23.3. The number of nitrogens with one attached hydrogen (secondary N) is 1. The number of carbonyl (C=O) groups is 2. The first-order valence-corrected chi connectivity index (χ1v) is 9.65. The first-order chi connectivity index (χ1) is 15.0. The Morgan fingerprint density at radius 1 is 1.19 bits per heavy atom. The van der Waals surface area contributed by atoms with E-state index in [1.54, 1.807) is 0 Å². The summed E-state index contributed by atoms with van der Waals surface area (Å²) < 4.78 is 42.2. The highest BCUT2D eigenvalue weighted by Gasteiger charge is 2.45. The minimum Gasteiger partial charge on any atom is -0.366 e. The number of ketones is 1. The third kappa shape index (κ3) is 3.93. The van der Waals surface area contributed by atoms with Gasteiger partial charge in [-0.25, -0.2) is 14.6 Å². The van der Waals surface area contributed by atoms with Gasteiger partial charge in [-0.2, -0.15) is 18.3 Å². The normalized spacial score (nSPS) is 15.3. The van der Waals surface area contributed by atoms with Crippen LogP contribution in [0, 0.1) is 5.41 Å². The van der Waals surface area contributed by atoms with Gasteiger partial charge in [0.05, 0.1) is 46.3 Å². The molecule has 0 unspecified atom stereocenters. The number of halogens is 3. The van der Waals surface area contributed by atoms with Crippen LogP contribution < -0.4 is 11.1 Å². The summed E-state index contributed by atoms with van der Waals surface area (Å²) in [6.45, 7) is 3.63. The van der Waals surface area contributed by atoms with E-state index in [1.807, 2.05) is 13.8 Å². The van der Waals surface area contributed by atoms with Crippen molar-refractivity contribution in [1.29, 1.82) is 0 Å². The van der Waals surface area contributed by atoms with Crippen molar-refractivity contribution in [3.8, 4) is 5.69 Å². The van der Waals surface area contributed by atoms with Crippen molar-refractivity contribution >= 4 is 23.1 Å². The molecule has 1 aliphatic rings. The minimum absolute atomic E-state index is 0.00377. The van der Waals surface area contributed by atoms with Gasteiger partial charge in [-0.3, -0.25) is 9.59 Å². The number of rotatable bonds is 4. The van der Waals surface area contributed by atoms with Crippen molar-refractivity contribution in [2.24, 2.45) is 11.1 Å². The molecular weight excluding hydrogens is 425 g/mol.